The van der Waals surface area contributed by atoms with Crippen LogP contribution in [0.1, 0.15) is 6.42 Å². The van der Waals surface area contributed by atoms with Crippen LogP contribution < -0.4 is 16.2 Å². The summed E-state index contributed by atoms with van der Waals surface area (Å²) in [6.45, 7) is 0. The number of hydrogen-bond acceptors (Lipinski definition) is 4. The molecule has 0 spiro atoms. The highest BCUT2D eigenvalue weighted by Crippen LogP contribution is 2.30. The maximum absolute atomic E-state index is 12.3. The van der Waals surface area contributed by atoms with E-state index in [1.165, 1.54) is 12.1 Å². The molecule has 152 valence electrons. The van der Waals surface area contributed by atoms with E-state index in [-0.39, 0.29) is 11.2 Å². The number of rotatable bonds is 4. The molecule has 0 fully saturated rings. The van der Waals surface area contributed by atoms with E-state index < -0.39 is 18.5 Å². The van der Waals surface area contributed by atoms with E-state index in [0.717, 1.165) is 10.8 Å². The molecule has 0 aliphatic carbocycles. The van der Waals surface area contributed by atoms with Crippen LogP contribution in [0.5, 0.6) is 0 Å². The first-order valence-corrected chi connectivity index (χ1v) is 8.93. The lowest BCUT2D eigenvalue weighted by atomic mass is 10.1. The summed E-state index contributed by atoms with van der Waals surface area (Å²) in [5.74, 6) is -1.13. The molecule has 2 heterocycles. The molecular formula is C21H15F3N4O2. The van der Waals surface area contributed by atoms with Gasteiger partial charge in [-0.1, -0.05) is 18.2 Å². The number of pyridine rings is 2. The van der Waals surface area contributed by atoms with Crippen molar-refractivity contribution < 1.29 is 18.0 Å². The predicted octanol–water partition coefficient (Wildman–Crippen LogP) is 4.71. The molecule has 9 heteroatoms. The fourth-order valence-electron chi connectivity index (χ4n) is 3.19. The number of halogens is 3. The van der Waals surface area contributed by atoms with Crippen LogP contribution in [0.4, 0.5) is 30.2 Å². The van der Waals surface area contributed by atoms with Gasteiger partial charge in [0.2, 0.25) is 5.91 Å². The summed E-state index contributed by atoms with van der Waals surface area (Å²) in [5, 5.41) is 7.44. The molecule has 0 radical (unpaired) electrons. The molecule has 0 aliphatic rings. The Morgan fingerprint density at radius 3 is 2.33 bits per heavy atom. The van der Waals surface area contributed by atoms with Gasteiger partial charge < -0.3 is 15.6 Å². The molecular weight excluding hydrogens is 397 g/mol. The third-order valence-corrected chi connectivity index (χ3v) is 4.43. The number of aromatic nitrogens is 2. The quantitative estimate of drug-likeness (QED) is 0.424. The van der Waals surface area contributed by atoms with Gasteiger partial charge in [0.1, 0.15) is 12.1 Å². The molecule has 2 aromatic heterocycles. The molecule has 3 N–H and O–H groups in total. The molecule has 0 saturated heterocycles. The van der Waals surface area contributed by atoms with Gasteiger partial charge in [0, 0.05) is 33.7 Å². The number of H-pyrrole nitrogens is 1. The van der Waals surface area contributed by atoms with Crippen molar-refractivity contribution >= 4 is 44.8 Å². The van der Waals surface area contributed by atoms with Crippen molar-refractivity contribution in [3.63, 3.8) is 0 Å². The van der Waals surface area contributed by atoms with Crippen LogP contribution in [-0.2, 0) is 4.79 Å². The van der Waals surface area contributed by atoms with Gasteiger partial charge in [-0.3, -0.25) is 9.59 Å². The summed E-state index contributed by atoms with van der Waals surface area (Å²) in [6.07, 6.45) is -4.54. The highest BCUT2D eigenvalue weighted by molar-refractivity contribution is 6.10. The summed E-state index contributed by atoms with van der Waals surface area (Å²) >= 11 is 0. The normalized spacial score (nSPS) is 11.6. The number of carbonyl (C=O) groups excluding carboxylic acids is 1. The summed E-state index contributed by atoms with van der Waals surface area (Å²) in [5.41, 5.74) is 1.79. The van der Waals surface area contributed by atoms with E-state index in [1.807, 2.05) is 12.1 Å². The van der Waals surface area contributed by atoms with E-state index in [4.69, 9.17) is 0 Å². The second-order valence-electron chi connectivity index (χ2n) is 6.62. The van der Waals surface area contributed by atoms with Crippen molar-refractivity contribution in [1.29, 1.82) is 0 Å². The van der Waals surface area contributed by atoms with Crippen LogP contribution >= 0.6 is 0 Å². The van der Waals surface area contributed by atoms with Gasteiger partial charge >= 0.3 is 6.18 Å². The third-order valence-electron chi connectivity index (χ3n) is 4.43. The number of anilines is 3. The van der Waals surface area contributed by atoms with Gasteiger partial charge in [-0.05, 0) is 36.4 Å². The van der Waals surface area contributed by atoms with Crippen LogP contribution in [-0.4, -0.2) is 22.1 Å². The summed E-state index contributed by atoms with van der Waals surface area (Å²) in [4.78, 5) is 30.7. The minimum Gasteiger partial charge on any atom is -0.355 e. The van der Waals surface area contributed by atoms with Crippen LogP contribution in [0, 0.1) is 0 Å². The fraction of sp³-hybridized carbons (Fsp3) is 0.0952. The van der Waals surface area contributed by atoms with Crippen molar-refractivity contribution in [3.8, 4) is 0 Å². The molecule has 4 rings (SSSR count). The minimum absolute atomic E-state index is 0.235. The SMILES string of the molecule is O=C(CC(F)(F)F)Nc1ccc(Nc2ccnc3[nH]c(=O)c4ccccc4c23)cc1. The summed E-state index contributed by atoms with van der Waals surface area (Å²) < 4.78 is 36.8. The number of hydrogen-bond donors (Lipinski definition) is 3. The Morgan fingerprint density at radius 1 is 0.967 bits per heavy atom. The molecule has 2 aromatic carbocycles. The summed E-state index contributed by atoms with van der Waals surface area (Å²) in [7, 11) is 0. The Bertz CT molecular complexity index is 1300. The number of nitrogens with one attached hydrogen (secondary N) is 3. The molecule has 0 atom stereocenters. The number of carbonyl (C=O) groups is 1. The Hall–Kier alpha value is -3.88. The molecule has 4 aromatic rings. The van der Waals surface area contributed by atoms with Crippen LogP contribution in [0.2, 0.25) is 0 Å². The van der Waals surface area contributed by atoms with E-state index in [9.17, 15) is 22.8 Å². The molecule has 30 heavy (non-hydrogen) atoms. The van der Waals surface area contributed by atoms with Crippen LogP contribution in [0.25, 0.3) is 21.8 Å². The lowest BCUT2D eigenvalue weighted by molar-refractivity contribution is -0.150. The zero-order valence-electron chi connectivity index (χ0n) is 15.4. The standard InChI is InChI=1S/C21H15F3N4O2/c22-21(23,24)11-17(29)27-13-7-5-12(6-8-13)26-16-9-10-25-19-18(16)14-3-1-2-4-15(14)20(30)28-19/h1-10H,11H2,(H,27,29)(H2,25,26,28,30). The first-order valence-electron chi connectivity index (χ1n) is 8.93. The van der Waals surface area contributed by atoms with Crippen molar-refractivity contribution in [2.75, 3.05) is 10.6 Å². The van der Waals surface area contributed by atoms with Gasteiger partial charge in [0.05, 0.1) is 5.69 Å². The zero-order valence-corrected chi connectivity index (χ0v) is 15.4. The topological polar surface area (TPSA) is 86.9 Å². The van der Waals surface area contributed by atoms with Crippen molar-refractivity contribution in [1.82, 2.24) is 9.97 Å². The van der Waals surface area contributed by atoms with Gasteiger partial charge in [-0.2, -0.15) is 13.2 Å². The maximum Gasteiger partial charge on any atom is 0.397 e. The maximum atomic E-state index is 12.3. The average molecular weight is 412 g/mol. The molecule has 0 aliphatic heterocycles. The van der Waals surface area contributed by atoms with E-state index in [0.29, 0.717) is 22.4 Å². The number of benzene rings is 2. The van der Waals surface area contributed by atoms with E-state index >= 15 is 0 Å². The lowest BCUT2D eigenvalue weighted by Gasteiger charge is -2.12. The zero-order chi connectivity index (χ0) is 21.3. The second kappa shape index (κ2) is 7.51. The van der Waals surface area contributed by atoms with Gasteiger partial charge in [0.25, 0.3) is 5.56 Å². The van der Waals surface area contributed by atoms with Crippen LogP contribution in [0.3, 0.4) is 0 Å². The Kier molecular flexibility index (Phi) is 4.86. The largest absolute Gasteiger partial charge is 0.397 e. The van der Waals surface area contributed by atoms with Gasteiger partial charge in [-0.15, -0.1) is 0 Å². The van der Waals surface area contributed by atoms with Crippen LogP contribution in [0.15, 0.2) is 65.6 Å². The Balaban J connectivity index is 1.63. The number of alkyl halides is 3. The average Bonchev–Trinajstić information content (AvgIpc) is 2.68. The highest BCUT2D eigenvalue weighted by atomic mass is 19.4. The van der Waals surface area contributed by atoms with Gasteiger partial charge in [0.15, 0.2) is 0 Å². The smallest absolute Gasteiger partial charge is 0.355 e. The van der Waals surface area contributed by atoms with Crippen molar-refractivity contribution in [3.05, 3.63) is 71.1 Å². The Labute approximate surface area is 167 Å². The second-order valence-corrected chi connectivity index (χ2v) is 6.62. The first kappa shape index (κ1) is 19.4. The number of amides is 1. The molecule has 0 unspecified atom stereocenters. The summed E-state index contributed by atoms with van der Waals surface area (Å²) in [6, 6.07) is 15.2. The number of nitrogens with zero attached hydrogens (tertiary/aromatic N) is 1. The minimum atomic E-state index is -4.56. The van der Waals surface area contributed by atoms with E-state index in [2.05, 4.69) is 20.6 Å². The Morgan fingerprint density at radius 2 is 1.63 bits per heavy atom. The molecule has 0 bridgehead atoms. The monoisotopic (exact) mass is 412 g/mol. The number of fused-ring (bicyclic) bond motifs is 3. The van der Waals surface area contributed by atoms with Crippen molar-refractivity contribution in [2.24, 2.45) is 0 Å². The van der Waals surface area contributed by atoms with Gasteiger partial charge in [-0.25, -0.2) is 4.98 Å². The van der Waals surface area contributed by atoms with E-state index in [1.54, 1.807) is 36.5 Å². The third kappa shape index (κ3) is 4.09. The van der Waals surface area contributed by atoms with Crippen molar-refractivity contribution in [2.45, 2.75) is 12.6 Å². The lowest BCUT2D eigenvalue weighted by Crippen LogP contribution is -2.21. The highest BCUT2D eigenvalue weighted by Gasteiger charge is 2.31. The molecule has 6 nitrogen and oxygen atoms in total. The predicted molar refractivity (Wildman–Crippen MR) is 109 cm³/mol. The molecule has 1 amide bonds. The fourth-order valence-corrected chi connectivity index (χ4v) is 3.19. The first-order chi connectivity index (χ1) is 14.3. The number of aromatic amines is 1. The molecule has 0 saturated carbocycles.